The van der Waals surface area contributed by atoms with Gasteiger partial charge in [0.1, 0.15) is 0 Å². The molecule has 1 heterocycles. The van der Waals surface area contributed by atoms with Crippen LogP contribution in [0.15, 0.2) is 47.6 Å². The maximum absolute atomic E-state index is 13.7. The molecular weight excluding hydrogens is 281 g/mol. The second kappa shape index (κ2) is 5.46. The normalized spacial score (nSPS) is 11.3. The van der Waals surface area contributed by atoms with E-state index in [9.17, 15) is 12.8 Å². The monoisotopic (exact) mass is 295 g/mol. The van der Waals surface area contributed by atoms with Crippen LogP contribution in [0.1, 0.15) is 6.92 Å². The molecule has 0 radical (unpaired) electrons. The van der Waals surface area contributed by atoms with Crippen molar-refractivity contribution in [3.8, 4) is 0 Å². The summed E-state index contributed by atoms with van der Waals surface area (Å²) >= 11 is 0. The number of nitrogen functional groups attached to an aromatic ring is 1. The topological polar surface area (TPSA) is 76.3 Å². The molecule has 7 heteroatoms. The molecule has 0 spiro atoms. The summed E-state index contributed by atoms with van der Waals surface area (Å²) in [7, 11) is -4.04. The van der Waals surface area contributed by atoms with E-state index in [2.05, 4.69) is 4.98 Å². The Hall–Kier alpha value is -2.15. The number of pyridine rings is 1. The quantitative estimate of drug-likeness (QED) is 0.875. The molecule has 106 valence electrons. The molecule has 0 aliphatic rings. The Morgan fingerprint density at radius 3 is 2.45 bits per heavy atom. The first-order chi connectivity index (χ1) is 9.46. The zero-order chi connectivity index (χ0) is 14.8. The van der Waals surface area contributed by atoms with Gasteiger partial charge in [-0.1, -0.05) is 0 Å². The third kappa shape index (κ3) is 2.57. The van der Waals surface area contributed by atoms with Crippen molar-refractivity contribution in [2.75, 3.05) is 16.6 Å². The first-order valence-corrected chi connectivity index (χ1v) is 7.39. The number of benzene rings is 1. The first-order valence-electron chi connectivity index (χ1n) is 5.95. The van der Waals surface area contributed by atoms with Crippen LogP contribution in [0.4, 0.5) is 15.8 Å². The zero-order valence-corrected chi connectivity index (χ0v) is 11.6. The third-order valence-corrected chi connectivity index (χ3v) is 4.57. The van der Waals surface area contributed by atoms with Crippen molar-refractivity contribution in [3.05, 3.63) is 48.4 Å². The van der Waals surface area contributed by atoms with Gasteiger partial charge in [-0.15, -0.1) is 0 Å². The SMILES string of the molecule is CCN(c1ccc(N)cc1)S(=O)(=O)c1ncccc1F. The largest absolute Gasteiger partial charge is 0.399 e. The van der Waals surface area contributed by atoms with Crippen molar-refractivity contribution in [2.45, 2.75) is 11.9 Å². The van der Waals surface area contributed by atoms with Gasteiger partial charge in [0.05, 0.1) is 5.69 Å². The highest BCUT2D eigenvalue weighted by Gasteiger charge is 2.27. The first kappa shape index (κ1) is 14.3. The van der Waals surface area contributed by atoms with Gasteiger partial charge in [0, 0.05) is 18.4 Å². The van der Waals surface area contributed by atoms with Gasteiger partial charge in [0.2, 0.25) is 5.03 Å². The van der Waals surface area contributed by atoms with Crippen LogP contribution in [0, 0.1) is 5.82 Å². The molecule has 0 amide bonds. The summed E-state index contributed by atoms with van der Waals surface area (Å²) < 4.78 is 39.7. The summed E-state index contributed by atoms with van der Waals surface area (Å²) in [4.78, 5) is 3.63. The number of sulfonamides is 1. The number of halogens is 1. The summed E-state index contributed by atoms with van der Waals surface area (Å²) in [6.07, 6.45) is 1.24. The molecule has 20 heavy (non-hydrogen) atoms. The van der Waals surface area contributed by atoms with Gasteiger partial charge in [0.15, 0.2) is 5.82 Å². The predicted molar refractivity (Wildman–Crippen MR) is 75.3 cm³/mol. The minimum atomic E-state index is -4.04. The van der Waals surface area contributed by atoms with Crippen molar-refractivity contribution in [1.82, 2.24) is 4.98 Å². The van der Waals surface area contributed by atoms with Gasteiger partial charge in [-0.2, -0.15) is 8.42 Å². The van der Waals surface area contributed by atoms with Gasteiger partial charge >= 0.3 is 0 Å². The fourth-order valence-corrected chi connectivity index (χ4v) is 3.25. The molecular formula is C13H14FN3O2S. The van der Waals surface area contributed by atoms with E-state index in [-0.39, 0.29) is 6.54 Å². The van der Waals surface area contributed by atoms with E-state index in [1.165, 1.54) is 12.3 Å². The fourth-order valence-electron chi connectivity index (χ4n) is 1.80. The Kier molecular flexibility index (Phi) is 3.89. The van der Waals surface area contributed by atoms with Crippen LogP contribution in [-0.4, -0.2) is 19.9 Å². The zero-order valence-electron chi connectivity index (χ0n) is 10.8. The number of hydrogen-bond donors (Lipinski definition) is 1. The minimum absolute atomic E-state index is 0.155. The standard InChI is InChI=1S/C13H14FN3O2S/c1-2-17(11-7-5-10(15)6-8-11)20(18,19)13-12(14)4-3-9-16-13/h3-9H,2,15H2,1H3. The van der Waals surface area contributed by atoms with Crippen LogP contribution in [0.2, 0.25) is 0 Å². The van der Waals surface area contributed by atoms with Crippen LogP contribution in [0.3, 0.4) is 0 Å². The lowest BCUT2D eigenvalue weighted by molar-refractivity contribution is 0.551. The number of rotatable bonds is 4. The van der Waals surface area contributed by atoms with Gasteiger partial charge in [-0.05, 0) is 43.3 Å². The maximum Gasteiger partial charge on any atom is 0.284 e. The van der Waals surface area contributed by atoms with Crippen molar-refractivity contribution < 1.29 is 12.8 Å². The molecule has 0 bridgehead atoms. The Morgan fingerprint density at radius 1 is 1.25 bits per heavy atom. The molecule has 0 aliphatic carbocycles. The fraction of sp³-hybridized carbons (Fsp3) is 0.154. The molecule has 2 aromatic rings. The average molecular weight is 295 g/mol. The van der Waals surface area contributed by atoms with Crippen molar-refractivity contribution in [1.29, 1.82) is 0 Å². The van der Waals surface area contributed by atoms with E-state index in [1.54, 1.807) is 31.2 Å². The lowest BCUT2D eigenvalue weighted by Gasteiger charge is -2.22. The molecule has 0 atom stereocenters. The predicted octanol–water partition coefficient (Wildman–Crippen LogP) is 2.02. The second-order valence-corrected chi connectivity index (χ2v) is 5.83. The average Bonchev–Trinajstić information content (AvgIpc) is 2.42. The van der Waals surface area contributed by atoms with E-state index in [0.29, 0.717) is 11.4 Å². The Labute approximate surface area is 116 Å². The van der Waals surface area contributed by atoms with Crippen LogP contribution in [0.25, 0.3) is 0 Å². The lowest BCUT2D eigenvalue weighted by atomic mass is 10.3. The Balaban J connectivity index is 2.51. The highest BCUT2D eigenvalue weighted by molar-refractivity contribution is 7.92. The number of nitrogens with zero attached hydrogens (tertiary/aromatic N) is 2. The minimum Gasteiger partial charge on any atom is -0.399 e. The molecule has 5 nitrogen and oxygen atoms in total. The summed E-state index contributed by atoms with van der Waals surface area (Å²) in [5.41, 5.74) is 6.50. The van der Waals surface area contributed by atoms with Gasteiger partial charge in [-0.3, -0.25) is 4.31 Å². The maximum atomic E-state index is 13.7. The summed E-state index contributed by atoms with van der Waals surface area (Å²) in [6.45, 7) is 1.82. The second-order valence-electron chi connectivity index (χ2n) is 4.05. The third-order valence-electron chi connectivity index (χ3n) is 2.73. The summed E-state index contributed by atoms with van der Waals surface area (Å²) in [5.74, 6) is -0.874. The van der Waals surface area contributed by atoms with Crippen LogP contribution >= 0.6 is 0 Å². The van der Waals surface area contributed by atoms with E-state index < -0.39 is 20.9 Å². The van der Waals surface area contributed by atoms with E-state index in [0.717, 1.165) is 10.4 Å². The number of nitrogens with two attached hydrogens (primary N) is 1. The molecule has 2 N–H and O–H groups in total. The van der Waals surface area contributed by atoms with Crippen molar-refractivity contribution in [2.24, 2.45) is 0 Å². The molecule has 2 rings (SSSR count). The van der Waals surface area contributed by atoms with Crippen molar-refractivity contribution >= 4 is 21.4 Å². The molecule has 0 aliphatic heterocycles. The lowest BCUT2D eigenvalue weighted by Crippen LogP contribution is -2.32. The van der Waals surface area contributed by atoms with Gasteiger partial charge < -0.3 is 5.73 Å². The number of aromatic nitrogens is 1. The summed E-state index contributed by atoms with van der Waals surface area (Å²) in [6, 6.07) is 8.71. The van der Waals surface area contributed by atoms with Crippen molar-refractivity contribution in [3.63, 3.8) is 0 Å². The van der Waals surface area contributed by atoms with Crippen LogP contribution in [-0.2, 0) is 10.0 Å². The molecule has 0 saturated heterocycles. The molecule has 0 fully saturated rings. The van der Waals surface area contributed by atoms with E-state index >= 15 is 0 Å². The smallest absolute Gasteiger partial charge is 0.284 e. The number of hydrogen-bond acceptors (Lipinski definition) is 4. The van der Waals surface area contributed by atoms with Gasteiger partial charge in [-0.25, -0.2) is 9.37 Å². The molecule has 1 aromatic carbocycles. The molecule has 0 saturated carbocycles. The highest BCUT2D eigenvalue weighted by atomic mass is 32.2. The van der Waals surface area contributed by atoms with Crippen LogP contribution < -0.4 is 10.0 Å². The van der Waals surface area contributed by atoms with Gasteiger partial charge in [0.25, 0.3) is 10.0 Å². The van der Waals surface area contributed by atoms with E-state index in [1.807, 2.05) is 0 Å². The molecule has 1 aromatic heterocycles. The molecule has 0 unspecified atom stereocenters. The number of anilines is 2. The Bertz CT molecular complexity index is 702. The summed E-state index contributed by atoms with van der Waals surface area (Å²) in [5, 5.41) is -0.585. The highest BCUT2D eigenvalue weighted by Crippen LogP contribution is 2.24. The van der Waals surface area contributed by atoms with E-state index in [4.69, 9.17) is 5.73 Å². The Morgan fingerprint density at radius 2 is 1.90 bits per heavy atom. The van der Waals surface area contributed by atoms with Crippen LogP contribution in [0.5, 0.6) is 0 Å².